The molecule has 0 heterocycles. The van der Waals surface area contributed by atoms with Crippen LogP contribution in [0.4, 0.5) is 0 Å². The smallest absolute Gasteiger partial charge is 0.457 e. The van der Waals surface area contributed by atoms with E-state index in [9.17, 15) is 14.3 Å². The van der Waals surface area contributed by atoms with Crippen LogP contribution in [0.5, 0.6) is 0 Å². The average molecular weight is 842 g/mol. The highest BCUT2D eigenvalue weighted by Gasteiger charge is 2.25. The Hall–Kier alpha value is -1.02. The highest BCUT2D eigenvalue weighted by molar-refractivity contribution is 7.47. The van der Waals surface area contributed by atoms with Crippen LogP contribution in [0.15, 0.2) is 24.3 Å². The summed E-state index contributed by atoms with van der Waals surface area (Å²) in [5.41, 5.74) is 5.38. The lowest BCUT2D eigenvalue weighted by Crippen LogP contribution is -2.28. The van der Waals surface area contributed by atoms with Crippen LogP contribution in [0.3, 0.4) is 0 Å². The molecule has 2 unspecified atom stereocenters. The number of phosphoric acid groups is 1. The van der Waals surface area contributed by atoms with Crippen LogP contribution in [0, 0.1) is 0 Å². The Morgan fingerprint density at radius 2 is 0.914 bits per heavy atom. The quantitative estimate of drug-likeness (QED) is 0.0269. The lowest BCUT2D eigenvalue weighted by atomic mass is 10.0. The number of carbonyl (C=O) groups excluding carboxylic acids is 1. The molecular weight excluding hydrogens is 746 g/mol. The molecule has 0 aliphatic rings. The van der Waals surface area contributed by atoms with E-state index in [-0.39, 0.29) is 32.3 Å². The molecule has 0 saturated carbocycles. The zero-order valence-electron chi connectivity index (χ0n) is 38.3. The predicted molar refractivity (Wildman–Crippen MR) is 247 cm³/mol. The van der Waals surface area contributed by atoms with Gasteiger partial charge in [0.25, 0.3) is 0 Å². The maximum Gasteiger partial charge on any atom is 0.472 e. The van der Waals surface area contributed by atoms with Crippen molar-refractivity contribution < 1.29 is 32.8 Å². The van der Waals surface area contributed by atoms with Gasteiger partial charge in [-0.2, -0.15) is 0 Å². The van der Waals surface area contributed by atoms with Gasteiger partial charge in [0, 0.05) is 19.6 Å². The molecule has 0 aliphatic heterocycles. The molecule has 9 heteroatoms. The van der Waals surface area contributed by atoms with Crippen molar-refractivity contribution in [2.24, 2.45) is 5.73 Å². The van der Waals surface area contributed by atoms with Gasteiger partial charge in [-0.05, 0) is 44.9 Å². The Kier molecular flexibility index (Phi) is 46.2. The van der Waals surface area contributed by atoms with Gasteiger partial charge in [0.2, 0.25) is 0 Å². The fraction of sp³-hybridized carbons (Fsp3) is 0.898. The van der Waals surface area contributed by atoms with Gasteiger partial charge in [-0.25, -0.2) is 4.57 Å². The number of esters is 1. The molecule has 58 heavy (non-hydrogen) atoms. The number of rotatable bonds is 48. The van der Waals surface area contributed by atoms with Crippen LogP contribution >= 0.6 is 7.82 Å². The topological polar surface area (TPSA) is 117 Å². The highest BCUT2D eigenvalue weighted by atomic mass is 31.2. The third-order valence-electron chi connectivity index (χ3n) is 10.9. The summed E-state index contributed by atoms with van der Waals surface area (Å²) in [5.74, 6) is -0.327. The standard InChI is InChI=1S/C49H96NO7P/c1-3-5-7-9-11-13-15-17-18-19-20-21-22-23-24-25-26-27-28-29-31-33-35-37-39-41-44-54-46-48(47-56-58(52,53)55-45-43-50)57-49(51)42-40-38-36-34-32-30-16-14-12-10-8-6-4-2/h15,17,19-20,48H,3-14,16,18,21-47,50H2,1-2H3,(H,52,53)/b17-15-,20-19-. The van der Waals surface area contributed by atoms with E-state index < -0.39 is 13.9 Å². The minimum atomic E-state index is -4.27. The van der Waals surface area contributed by atoms with Crippen molar-refractivity contribution in [1.29, 1.82) is 0 Å². The molecule has 0 aromatic carbocycles. The van der Waals surface area contributed by atoms with Gasteiger partial charge in [0.15, 0.2) is 0 Å². The summed E-state index contributed by atoms with van der Waals surface area (Å²) in [6, 6.07) is 0. The number of hydrogen-bond donors (Lipinski definition) is 2. The molecule has 3 N–H and O–H groups in total. The summed E-state index contributed by atoms with van der Waals surface area (Å²) in [6.07, 6.45) is 53.5. The summed E-state index contributed by atoms with van der Waals surface area (Å²) < 4.78 is 33.5. The van der Waals surface area contributed by atoms with Crippen LogP contribution in [-0.2, 0) is 27.9 Å². The first-order valence-corrected chi connectivity index (χ1v) is 26.3. The first kappa shape index (κ1) is 57.0. The second-order valence-electron chi connectivity index (χ2n) is 16.7. The van der Waals surface area contributed by atoms with E-state index in [1.807, 2.05) is 0 Å². The number of phosphoric ester groups is 1. The zero-order valence-corrected chi connectivity index (χ0v) is 39.2. The molecule has 0 spiro atoms. The second-order valence-corrected chi connectivity index (χ2v) is 18.1. The number of unbranched alkanes of at least 4 members (excludes halogenated alkanes) is 31. The Morgan fingerprint density at radius 3 is 1.34 bits per heavy atom. The maximum atomic E-state index is 12.6. The summed E-state index contributed by atoms with van der Waals surface area (Å²) in [4.78, 5) is 22.5. The van der Waals surface area contributed by atoms with E-state index in [1.165, 1.54) is 186 Å². The molecule has 0 fully saturated rings. The van der Waals surface area contributed by atoms with Crippen LogP contribution in [0.25, 0.3) is 0 Å². The van der Waals surface area contributed by atoms with Gasteiger partial charge in [-0.3, -0.25) is 13.8 Å². The molecule has 0 aliphatic carbocycles. The molecule has 8 nitrogen and oxygen atoms in total. The monoisotopic (exact) mass is 842 g/mol. The molecule has 344 valence electrons. The van der Waals surface area contributed by atoms with Gasteiger partial charge in [0.05, 0.1) is 19.8 Å². The van der Waals surface area contributed by atoms with E-state index in [0.717, 1.165) is 38.5 Å². The Labute approximate surface area is 359 Å². The van der Waals surface area contributed by atoms with Crippen LogP contribution in [-0.4, -0.2) is 49.9 Å². The van der Waals surface area contributed by atoms with Crippen molar-refractivity contribution in [1.82, 2.24) is 0 Å². The summed E-state index contributed by atoms with van der Waals surface area (Å²) in [6.45, 7) is 4.95. The van der Waals surface area contributed by atoms with Crippen molar-refractivity contribution in [3.63, 3.8) is 0 Å². The number of ether oxygens (including phenoxy) is 2. The first-order valence-electron chi connectivity index (χ1n) is 24.8. The number of allylic oxidation sites excluding steroid dienone is 4. The molecule has 0 radical (unpaired) electrons. The normalized spacial score (nSPS) is 13.5. The Morgan fingerprint density at radius 1 is 0.517 bits per heavy atom. The second kappa shape index (κ2) is 47.0. The Bertz CT molecular complexity index is 946. The molecule has 0 aromatic rings. The molecule has 2 atom stereocenters. The highest BCUT2D eigenvalue weighted by Crippen LogP contribution is 2.43. The molecule has 0 rings (SSSR count). The Balaban J connectivity index is 3.85. The van der Waals surface area contributed by atoms with Gasteiger partial charge in [-0.1, -0.05) is 218 Å². The minimum absolute atomic E-state index is 0.0927. The average Bonchev–Trinajstić information content (AvgIpc) is 3.21. The van der Waals surface area contributed by atoms with Crippen LogP contribution < -0.4 is 5.73 Å². The minimum Gasteiger partial charge on any atom is -0.457 e. The van der Waals surface area contributed by atoms with E-state index in [0.29, 0.717) is 13.0 Å². The largest absolute Gasteiger partial charge is 0.472 e. The fourth-order valence-corrected chi connectivity index (χ4v) is 7.97. The zero-order chi connectivity index (χ0) is 42.3. The summed E-state index contributed by atoms with van der Waals surface area (Å²) >= 11 is 0. The van der Waals surface area contributed by atoms with E-state index in [4.69, 9.17) is 24.3 Å². The molecule has 0 bridgehead atoms. The van der Waals surface area contributed by atoms with Crippen LogP contribution in [0.1, 0.15) is 245 Å². The SMILES string of the molecule is CCCCCCC/C=C\C/C=C\CCCCCCCCCCCCCCCCOCC(COP(=O)(O)OCCN)OC(=O)CCCCCCCCCCCCCCC. The van der Waals surface area contributed by atoms with Gasteiger partial charge in [-0.15, -0.1) is 0 Å². The molecular formula is C49H96NO7P. The number of carbonyl (C=O) groups is 1. The maximum absolute atomic E-state index is 12.6. The van der Waals surface area contributed by atoms with E-state index >= 15 is 0 Å². The lowest BCUT2D eigenvalue weighted by Gasteiger charge is -2.20. The number of nitrogens with two attached hydrogens (primary N) is 1. The number of hydrogen-bond acceptors (Lipinski definition) is 7. The van der Waals surface area contributed by atoms with E-state index in [1.54, 1.807) is 0 Å². The van der Waals surface area contributed by atoms with Gasteiger partial charge < -0.3 is 20.1 Å². The molecule has 0 amide bonds. The molecule has 0 aromatic heterocycles. The van der Waals surface area contributed by atoms with Gasteiger partial charge >= 0.3 is 13.8 Å². The molecule has 0 saturated heterocycles. The van der Waals surface area contributed by atoms with Crippen molar-refractivity contribution in [2.45, 2.75) is 251 Å². The lowest BCUT2D eigenvalue weighted by molar-refractivity contribution is -0.154. The predicted octanol–water partition coefficient (Wildman–Crippen LogP) is 15.2. The van der Waals surface area contributed by atoms with Gasteiger partial charge in [0.1, 0.15) is 6.10 Å². The summed E-state index contributed by atoms with van der Waals surface area (Å²) in [5, 5.41) is 0. The first-order chi connectivity index (χ1) is 28.4. The van der Waals surface area contributed by atoms with E-state index in [2.05, 4.69) is 38.2 Å². The van der Waals surface area contributed by atoms with Crippen molar-refractivity contribution in [3.8, 4) is 0 Å². The fourth-order valence-electron chi connectivity index (χ4n) is 7.21. The third kappa shape index (κ3) is 46.1. The van der Waals surface area contributed by atoms with Crippen molar-refractivity contribution in [2.75, 3.05) is 33.0 Å². The third-order valence-corrected chi connectivity index (χ3v) is 11.9. The summed E-state index contributed by atoms with van der Waals surface area (Å²) in [7, 11) is -4.27. The van der Waals surface area contributed by atoms with Crippen LogP contribution in [0.2, 0.25) is 0 Å². The van der Waals surface area contributed by atoms with Crippen molar-refractivity contribution >= 4 is 13.8 Å². The van der Waals surface area contributed by atoms with Crippen molar-refractivity contribution in [3.05, 3.63) is 24.3 Å².